The molecule has 0 aliphatic carbocycles. The Kier molecular flexibility index (Phi) is 3.01. The summed E-state index contributed by atoms with van der Waals surface area (Å²) in [5.74, 6) is 1.21. The van der Waals surface area contributed by atoms with Gasteiger partial charge in [0, 0.05) is 32.5 Å². The third kappa shape index (κ3) is 2.36. The van der Waals surface area contributed by atoms with Gasteiger partial charge in [0.2, 0.25) is 5.95 Å². The van der Waals surface area contributed by atoms with Crippen molar-refractivity contribution in [3.63, 3.8) is 0 Å². The monoisotopic (exact) mass is 208 g/mol. The van der Waals surface area contributed by atoms with Crippen molar-refractivity contribution in [1.82, 2.24) is 9.97 Å². The van der Waals surface area contributed by atoms with Crippen molar-refractivity contribution in [2.45, 2.75) is 18.9 Å². The number of anilines is 2. The van der Waals surface area contributed by atoms with E-state index in [4.69, 9.17) is 10.5 Å². The average molecular weight is 208 g/mol. The molecule has 15 heavy (non-hydrogen) atoms. The highest BCUT2D eigenvalue weighted by atomic mass is 16.5. The molecular weight excluding hydrogens is 192 g/mol. The second-order valence-electron chi connectivity index (χ2n) is 3.73. The summed E-state index contributed by atoms with van der Waals surface area (Å²) in [6.07, 6.45) is 3.77. The summed E-state index contributed by atoms with van der Waals surface area (Å²) >= 11 is 0. The molecule has 5 heteroatoms. The molecule has 1 fully saturated rings. The topological polar surface area (TPSA) is 64.3 Å². The van der Waals surface area contributed by atoms with Crippen LogP contribution < -0.4 is 10.6 Å². The molecular formula is C10H16N4O. The first-order valence-corrected chi connectivity index (χ1v) is 5.16. The van der Waals surface area contributed by atoms with Crippen LogP contribution in [0, 0.1) is 0 Å². The fraction of sp³-hybridized carbons (Fsp3) is 0.600. The summed E-state index contributed by atoms with van der Waals surface area (Å²) < 4.78 is 5.33. The maximum Gasteiger partial charge on any atom is 0.221 e. The molecule has 1 saturated heterocycles. The Labute approximate surface area is 89.3 Å². The maximum atomic E-state index is 5.55. The molecule has 1 aromatic rings. The van der Waals surface area contributed by atoms with Gasteiger partial charge in [-0.05, 0) is 18.9 Å². The Balaban J connectivity index is 2.08. The number of hydrogen-bond donors (Lipinski definition) is 1. The van der Waals surface area contributed by atoms with Crippen LogP contribution in [0.2, 0.25) is 0 Å². The molecule has 0 amide bonds. The van der Waals surface area contributed by atoms with Crippen LogP contribution in [0.15, 0.2) is 12.3 Å². The zero-order valence-electron chi connectivity index (χ0n) is 8.89. The van der Waals surface area contributed by atoms with E-state index in [-0.39, 0.29) is 0 Å². The van der Waals surface area contributed by atoms with Gasteiger partial charge in [0.15, 0.2) is 0 Å². The van der Waals surface area contributed by atoms with Crippen LogP contribution in [0.1, 0.15) is 12.8 Å². The van der Waals surface area contributed by atoms with E-state index in [1.54, 1.807) is 6.20 Å². The predicted octanol–water partition coefficient (Wildman–Crippen LogP) is 0.674. The van der Waals surface area contributed by atoms with Gasteiger partial charge >= 0.3 is 0 Å². The molecule has 82 valence electrons. The van der Waals surface area contributed by atoms with Crippen LogP contribution in [-0.4, -0.2) is 36.3 Å². The van der Waals surface area contributed by atoms with E-state index in [9.17, 15) is 0 Å². The Hall–Kier alpha value is -1.36. The number of nitrogen functional groups attached to an aromatic ring is 1. The second-order valence-corrected chi connectivity index (χ2v) is 3.73. The van der Waals surface area contributed by atoms with Gasteiger partial charge < -0.3 is 15.4 Å². The lowest BCUT2D eigenvalue weighted by Gasteiger charge is -2.31. The van der Waals surface area contributed by atoms with Crippen molar-refractivity contribution >= 4 is 11.8 Å². The van der Waals surface area contributed by atoms with Gasteiger partial charge in [-0.25, -0.2) is 4.98 Å². The highest BCUT2D eigenvalue weighted by molar-refractivity contribution is 5.41. The first-order chi connectivity index (χ1) is 7.27. The van der Waals surface area contributed by atoms with Crippen LogP contribution in [-0.2, 0) is 4.74 Å². The van der Waals surface area contributed by atoms with E-state index in [1.807, 2.05) is 13.1 Å². The molecule has 5 nitrogen and oxygen atoms in total. The summed E-state index contributed by atoms with van der Waals surface area (Å²) in [5, 5.41) is 0. The number of ether oxygens (including phenoxy) is 1. The molecule has 2 N–H and O–H groups in total. The first kappa shape index (κ1) is 10.2. The largest absolute Gasteiger partial charge is 0.381 e. The number of rotatable bonds is 2. The minimum atomic E-state index is 0.325. The summed E-state index contributed by atoms with van der Waals surface area (Å²) in [4.78, 5) is 10.2. The number of nitrogens with zero attached hydrogens (tertiary/aromatic N) is 3. The predicted molar refractivity (Wildman–Crippen MR) is 58.7 cm³/mol. The summed E-state index contributed by atoms with van der Waals surface area (Å²) in [7, 11) is 2.04. The molecule has 2 rings (SSSR count). The van der Waals surface area contributed by atoms with E-state index in [2.05, 4.69) is 14.9 Å². The molecule has 0 aromatic carbocycles. The third-order valence-electron chi connectivity index (χ3n) is 2.76. The van der Waals surface area contributed by atoms with E-state index in [1.165, 1.54) is 0 Å². The van der Waals surface area contributed by atoms with Gasteiger partial charge in [-0.1, -0.05) is 0 Å². The minimum absolute atomic E-state index is 0.325. The van der Waals surface area contributed by atoms with Crippen molar-refractivity contribution in [2.24, 2.45) is 0 Å². The standard InChI is InChI=1S/C10H16N4O/c1-14(8-3-6-15-7-4-8)9-2-5-12-10(11)13-9/h2,5,8H,3-4,6-7H2,1H3,(H2,11,12,13). The Morgan fingerprint density at radius 2 is 2.20 bits per heavy atom. The molecule has 0 unspecified atom stereocenters. The van der Waals surface area contributed by atoms with Crippen LogP contribution >= 0.6 is 0 Å². The van der Waals surface area contributed by atoms with Gasteiger partial charge in [0.05, 0.1) is 0 Å². The molecule has 2 heterocycles. The Morgan fingerprint density at radius 3 is 2.87 bits per heavy atom. The van der Waals surface area contributed by atoms with Gasteiger partial charge in [-0.15, -0.1) is 0 Å². The van der Waals surface area contributed by atoms with Gasteiger partial charge in [-0.2, -0.15) is 4.98 Å². The van der Waals surface area contributed by atoms with Gasteiger partial charge in [0.1, 0.15) is 5.82 Å². The molecule has 1 aliphatic rings. The summed E-state index contributed by atoms with van der Waals surface area (Å²) in [6, 6.07) is 2.37. The third-order valence-corrected chi connectivity index (χ3v) is 2.76. The maximum absolute atomic E-state index is 5.55. The van der Waals surface area contributed by atoms with Crippen molar-refractivity contribution in [3.05, 3.63) is 12.3 Å². The van der Waals surface area contributed by atoms with Gasteiger partial charge in [0.25, 0.3) is 0 Å². The molecule has 0 atom stereocenters. The highest BCUT2D eigenvalue weighted by Crippen LogP contribution is 2.18. The van der Waals surface area contributed by atoms with Crippen molar-refractivity contribution in [1.29, 1.82) is 0 Å². The van der Waals surface area contributed by atoms with Crippen LogP contribution in [0.4, 0.5) is 11.8 Å². The lowest BCUT2D eigenvalue weighted by atomic mass is 10.1. The second kappa shape index (κ2) is 4.44. The van der Waals surface area contributed by atoms with Crippen molar-refractivity contribution < 1.29 is 4.74 Å². The molecule has 1 aliphatic heterocycles. The van der Waals surface area contributed by atoms with E-state index in [0.717, 1.165) is 31.9 Å². The molecule has 0 radical (unpaired) electrons. The average Bonchev–Trinajstić information content (AvgIpc) is 2.29. The fourth-order valence-electron chi connectivity index (χ4n) is 1.82. The zero-order chi connectivity index (χ0) is 10.7. The molecule has 0 bridgehead atoms. The van der Waals surface area contributed by atoms with Crippen LogP contribution in [0.25, 0.3) is 0 Å². The minimum Gasteiger partial charge on any atom is -0.381 e. The first-order valence-electron chi connectivity index (χ1n) is 5.16. The summed E-state index contributed by atoms with van der Waals surface area (Å²) in [5.41, 5.74) is 5.55. The lowest BCUT2D eigenvalue weighted by molar-refractivity contribution is 0.0853. The number of hydrogen-bond acceptors (Lipinski definition) is 5. The van der Waals surface area contributed by atoms with Crippen LogP contribution in [0.5, 0.6) is 0 Å². The molecule has 0 saturated carbocycles. The normalized spacial score (nSPS) is 17.7. The molecule has 0 spiro atoms. The van der Waals surface area contributed by atoms with E-state index in [0.29, 0.717) is 12.0 Å². The Morgan fingerprint density at radius 1 is 1.47 bits per heavy atom. The van der Waals surface area contributed by atoms with E-state index >= 15 is 0 Å². The Bertz CT molecular complexity index is 325. The highest BCUT2D eigenvalue weighted by Gasteiger charge is 2.19. The zero-order valence-corrected chi connectivity index (χ0v) is 8.89. The van der Waals surface area contributed by atoms with E-state index < -0.39 is 0 Å². The number of aromatic nitrogens is 2. The quantitative estimate of drug-likeness (QED) is 0.774. The van der Waals surface area contributed by atoms with Crippen molar-refractivity contribution in [2.75, 3.05) is 30.9 Å². The molecule has 1 aromatic heterocycles. The van der Waals surface area contributed by atoms with Gasteiger partial charge in [-0.3, -0.25) is 0 Å². The smallest absolute Gasteiger partial charge is 0.221 e. The lowest BCUT2D eigenvalue weighted by Crippen LogP contribution is -2.37. The SMILES string of the molecule is CN(c1ccnc(N)n1)C1CCOCC1. The summed E-state index contributed by atoms with van der Waals surface area (Å²) in [6.45, 7) is 1.66. The van der Waals surface area contributed by atoms with Crippen LogP contribution in [0.3, 0.4) is 0 Å². The number of nitrogens with two attached hydrogens (primary N) is 1. The fourth-order valence-corrected chi connectivity index (χ4v) is 1.82. The van der Waals surface area contributed by atoms with Crippen molar-refractivity contribution in [3.8, 4) is 0 Å².